The van der Waals surface area contributed by atoms with E-state index in [-0.39, 0.29) is 40.2 Å². The predicted octanol–water partition coefficient (Wildman–Crippen LogP) is 6.70. The molecule has 43 heavy (non-hydrogen) atoms. The summed E-state index contributed by atoms with van der Waals surface area (Å²) in [5.74, 6) is -1.34. The molecule has 1 heterocycles. The Kier molecular flexibility index (Phi) is 10.8. The van der Waals surface area contributed by atoms with Crippen molar-refractivity contribution in [1.82, 2.24) is 4.90 Å². The van der Waals surface area contributed by atoms with Gasteiger partial charge >= 0.3 is 5.97 Å². The Bertz CT molecular complexity index is 1560. The maximum atomic E-state index is 13.2. The van der Waals surface area contributed by atoms with E-state index in [1.54, 1.807) is 30.3 Å². The van der Waals surface area contributed by atoms with Gasteiger partial charge in [0.05, 0.1) is 28.7 Å². The summed E-state index contributed by atoms with van der Waals surface area (Å²) in [6, 6.07) is 15.3. The van der Waals surface area contributed by atoms with E-state index in [1.807, 2.05) is 13.8 Å². The first-order chi connectivity index (χ1) is 20.7. The highest BCUT2D eigenvalue weighted by Crippen LogP contribution is 2.35. The van der Waals surface area contributed by atoms with E-state index < -0.39 is 29.6 Å². The number of thioether (sulfide) groups is 1. The quantitative estimate of drug-likeness (QED) is 0.175. The van der Waals surface area contributed by atoms with E-state index in [0.29, 0.717) is 41.9 Å². The van der Waals surface area contributed by atoms with Crippen LogP contribution in [0.3, 0.4) is 0 Å². The van der Waals surface area contributed by atoms with Crippen LogP contribution in [-0.2, 0) is 20.9 Å². The van der Waals surface area contributed by atoms with Crippen molar-refractivity contribution in [2.75, 3.05) is 25.1 Å². The van der Waals surface area contributed by atoms with E-state index >= 15 is 0 Å². The summed E-state index contributed by atoms with van der Waals surface area (Å²) >= 11 is 6.81. The molecule has 0 unspecified atom stereocenters. The maximum Gasteiger partial charge on any atom is 0.339 e. The summed E-state index contributed by atoms with van der Waals surface area (Å²) in [5, 5.41) is 2.14. The molecule has 1 N–H and O–H groups in total. The Hall–Kier alpha value is -4.35. The number of carbonyl (C=O) groups excluding carboxylic acids is 4. The highest BCUT2D eigenvalue weighted by atomic mass is 35.5. The van der Waals surface area contributed by atoms with Crippen molar-refractivity contribution >= 4 is 58.1 Å². The zero-order valence-electron chi connectivity index (χ0n) is 23.4. The van der Waals surface area contributed by atoms with Crippen LogP contribution >= 0.6 is 23.4 Å². The third-order valence-corrected chi connectivity index (χ3v) is 7.19. The first kappa shape index (κ1) is 31.6. The monoisotopic (exact) mass is 626 g/mol. The second kappa shape index (κ2) is 14.7. The second-order valence-electron chi connectivity index (χ2n) is 9.20. The summed E-state index contributed by atoms with van der Waals surface area (Å²) < 4.78 is 29.8. The number of esters is 1. The van der Waals surface area contributed by atoms with Crippen molar-refractivity contribution in [2.45, 2.75) is 26.9 Å². The summed E-state index contributed by atoms with van der Waals surface area (Å²) in [6.45, 7) is 3.92. The number of ether oxygens (including phenoxy) is 3. The number of nitrogens with one attached hydrogen (secondary N) is 1. The van der Waals surface area contributed by atoms with Crippen LogP contribution in [0.2, 0.25) is 5.02 Å². The average Bonchev–Trinajstić information content (AvgIpc) is 3.24. The third-order valence-electron chi connectivity index (χ3n) is 5.96. The highest BCUT2D eigenvalue weighted by molar-refractivity contribution is 8.18. The number of rotatable bonds is 12. The van der Waals surface area contributed by atoms with Crippen LogP contribution in [0, 0.1) is 5.82 Å². The van der Waals surface area contributed by atoms with Gasteiger partial charge in [-0.05, 0) is 84.8 Å². The summed E-state index contributed by atoms with van der Waals surface area (Å²) in [7, 11) is 0. The van der Waals surface area contributed by atoms with E-state index in [0.717, 1.165) is 10.5 Å². The largest absolute Gasteiger partial charge is 0.490 e. The van der Waals surface area contributed by atoms with Crippen molar-refractivity contribution < 1.29 is 37.8 Å². The van der Waals surface area contributed by atoms with Crippen molar-refractivity contribution in [3.05, 3.63) is 93.1 Å². The lowest BCUT2D eigenvalue weighted by Gasteiger charge is -2.14. The van der Waals surface area contributed by atoms with Crippen LogP contribution in [0.5, 0.6) is 11.5 Å². The van der Waals surface area contributed by atoms with Gasteiger partial charge in [-0.2, -0.15) is 0 Å². The lowest BCUT2D eigenvalue weighted by atomic mass is 10.1. The van der Waals surface area contributed by atoms with Crippen molar-refractivity contribution in [2.24, 2.45) is 0 Å². The van der Waals surface area contributed by atoms with Crippen molar-refractivity contribution in [3.8, 4) is 11.5 Å². The van der Waals surface area contributed by atoms with Gasteiger partial charge in [0.25, 0.3) is 11.1 Å². The molecule has 0 aliphatic carbocycles. The molecule has 0 saturated carbocycles. The normalized spacial score (nSPS) is 13.8. The minimum Gasteiger partial charge on any atom is -0.490 e. The molecule has 3 aromatic carbocycles. The Labute approximate surface area is 256 Å². The number of imide groups is 1. The molecule has 9 nitrogen and oxygen atoms in total. The molecule has 1 aliphatic rings. The summed E-state index contributed by atoms with van der Waals surface area (Å²) in [6.07, 6.45) is 2.17. The third kappa shape index (κ3) is 8.36. The molecule has 0 radical (unpaired) electrons. The number of benzene rings is 3. The van der Waals surface area contributed by atoms with Crippen molar-refractivity contribution in [1.29, 1.82) is 0 Å². The first-order valence-corrected chi connectivity index (χ1v) is 14.5. The second-order valence-corrected chi connectivity index (χ2v) is 10.6. The number of hydrogen-bond acceptors (Lipinski definition) is 8. The zero-order chi connectivity index (χ0) is 30.9. The van der Waals surface area contributed by atoms with Crippen LogP contribution in [0.25, 0.3) is 6.08 Å². The lowest BCUT2D eigenvalue weighted by Crippen LogP contribution is -2.36. The number of anilines is 1. The molecule has 3 amide bonds. The van der Waals surface area contributed by atoms with Gasteiger partial charge in [0.2, 0.25) is 5.91 Å². The Balaban J connectivity index is 1.42. The van der Waals surface area contributed by atoms with E-state index in [9.17, 15) is 23.6 Å². The molecule has 0 spiro atoms. The number of amides is 3. The summed E-state index contributed by atoms with van der Waals surface area (Å²) in [4.78, 5) is 51.6. The van der Waals surface area contributed by atoms with Crippen LogP contribution in [0.15, 0.2) is 65.6 Å². The molecule has 1 aliphatic heterocycles. The number of nitrogens with zero attached hydrogens (tertiary/aromatic N) is 1. The molecule has 4 rings (SSSR count). The smallest absolute Gasteiger partial charge is 0.339 e. The minimum absolute atomic E-state index is 0.0836. The molecular formula is C31H28ClFN2O7S. The van der Waals surface area contributed by atoms with Gasteiger partial charge in [-0.15, -0.1) is 0 Å². The SMILES string of the molecule is CCCOC(=O)c1cc(NC(=O)CN2C(=O)S/C(=C\c3ccc(OCc4ccc(F)cc4)c(OCC)c3)C2=O)ccc1Cl. The van der Waals surface area contributed by atoms with Crippen LogP contribution in [0.1, 0.15) is 41.8 Å². The first-order valence-electron chi connectivity index (χ1n) is 13.3. The Morgan fingerprint density at radius 1 is 1.00 bits per heavy atom. The standard InChI is InChI=1S/C31H28ClFN2O7S/c1-3-13-41-30(38)23-16-22(10-11-24(23)32)34-28(36)17-35-29(37)27(43-31(35)39)15-20-7-12-25(26(14-20)40-4-2)42-18-19-5-8-21(33)9-6-19/h5-12,14-16H,3-4,13,17-18H2,1-2H3,(H,34,36)/b27-15-. The molecule has 0 aromatic heterocycles. The fourth-order valence-corrected chi connectivity index (χ4v) is 4.94. The fourth-order valence-electron chi connectivity index (χ4n) is 3.91. The van der Waals surface area contributed by atoms with Gasteiger partial charge < -0.3 is 19.5 Å². The lowest BCUT2D eigenvalue weighted by molar-refractivity contribution is -0.127. The molecule has 0 atom stereocenters. The number of halogens is 2. The van der Waals surface area contributed by atoms with E-state index in [2.05, 4.69) is 5.32 Å². The molecule has 224 valence electrons. The Morgan fingerprint density at radius 3 is 2.49 bits per heavy atom. The molecule has 3 aromatic rings. The predicted molar refractivity (Wildman–Crippen MR) is 162 cm³/mol. The number of hydrogen-bond donors (Lipinski definition) is 1. The molecular weight excluding hydrogens is 599 g/mol. The molecule has 1 saturated heterocycles. The van der Waals surface area contributed by atoms with E-state index in [4.69, 9.17) is 25.8 Å². The van der Waals surface area contributed by atoms with Gasteiger partial charge in [-0.3, -0.25) is 19.3 Å². The van der Waals surface area contributed by atoms with Crippen LogP contribution < -0.4 is 14.8 Å². The molecule has 12 heteroatoms. The van der Waals surface area contributed by atoms with Crippen LogP contribution in [-0.4, -0.2) is 47.7 Å². The summed E-state index contributed by atoms with van der Waals surface area (Å²) in [5.41, 5.74) is 1.69. The van der Waals surface area contributed by atoms with Crippen molar-refractivity contribution in [3.63, 3.8) is 0 Å². The Morgan fingerprint density at radius 2 is 1.77 bits per heavy atom. The topological polar surface area (TPSA) is 111 Å². The highest BCUT2D eigenvalue weighted by Gasteiger charge is 2.36. The average molecular weight is 627 g/mol. The van der Waals surface area contributed by atoms with Gasteiger partial charge in [-0.25, -0.2) is 9.18 Å². The maximum absolute atomic E-state index is 13.2. The van der Waals surface area contributed by atoms with Gasteiger partial charge in [0.15, 0.2) is 11.5 Å². The molecule has 0 bridgehead atoms. The van der Waals surface area contributed by atoms with E-state index in [1.165, 1.54) is 36.4 Å². The van der Waals surface area contributed by atoms with Crippen LogP contribution in [0.4, 0.5) is 14.9 Å². The fraction of sp³-hybridized carbons (Fsp3) is 0.226. The number of carbonyl (C=O) groups is 4. The minimum atomic E-state index is -0.639. The van der Waals surface area contributed by atoms with Gasteiger partial charge in [0.1, 0.15) is 19.0 Å². The van der Waals surface area contributed by atoms with Gasteiger partial charge in [0, 0.05) is 5.69 Å². The molecule has 1 fully saturated rings. The zero-order valence-corrected chi connectivity index (χ0v) is 24.9. The van der Waals surface area contributed by atoms with Gasteiger partial charge in [-0.1, -0.05) is 36.7 Å².